The minimum absolute atomic E-state index is 0.00571. The van der Waals surface area contributed by atoms with E-state index in [1.54, 1.807) is 0 Å². The number of hydrogen-bond donors (Lipinski definition) is 1. The second-order valence-electron chi connectivity index (χ2n) is 7.01. The summed E-state index contributed by atoms with van der Waals surface area (Å²) >= 11 is 0. The van der Waals surface area contributed by atoms with Gasteiger partial charge in [0.1, 0.15) is 11.9 Å². The number of ether oxygens (including phenoxy) is 2. The average Bonchev–Trinajstić information content (AvgIpc) is 2.62. The fraction of sp³-hybridized carbons (Fsp3) is 0.632. The van der Waals surface area contributed by atoms with Gasteiger partial charge < -0.3 is 24.6 Å². The van der Waals surface area contributed by atoms with Crippen molar-refractivity contribution in [1.29, 1.82) is 0 Å². The Morgan fingerprint density at radius 1 is 1.28 bits per heavy atom. The van der Waals surface area contributed by atoms with E-state index in [0.717, 1.165) is 56.9 Å². The van der Waals surface area contributed by atoms with Gasteiger partial charge in [0.25, 0.3) is 0 Å². The maximum Gasteiger partial charge on any atom is 0.317 e. The summed E-state index contributed by atoms with van der Waals surface area (Å²) in [5.74, 6) is 0.948. The van der Waals surface area contributed by atoms with Gasteiger partial charge in [-0.05, 0) is 25.6 Å². The number of amides is 2. The first-order valence-corrected chi connectivity index (χ1v) is 9.17. The van der Waals surface area contributed by atoms with Crippen LogP contribution in [0.15, 0.2) is 24.3 Å². The van der Waals surface area contributed by atoms with E-state index < -0.39 is 0 Å². The molecule has 25 heavy (non-hydrogen) atoms. The van der Waals surface area contributed by atoms with E-state index in [1.165, 1.54) is 0 Å². The molecule has 2 saturated heterocycles. The van der Waals surface area contributed by atoms with E-state index in [0.29, 0.717) is 6.54 Å². The molecule has 1 atom stereocenters. The summed E-state index contributed by atoms with van der Waals surface area (Å²) in [6.07, 6.45) is 2.00. The Morgan fingerprint density at radius 2 is 2.04 bits per heavy atom. The van der Waals surface area contributed by atoms with E-state index in [4.69, 9.17) is 9.47 Å². The van der Waals surface area contributed by atoms with Gasteiger partial charge in [-0.1, -0.05) is 18.2 Å². The third kappa shape index (κ3) is 5.09. The highest BCUT2D eigenvalue weighted by molar-refractivity contribution is 5.74. The molecule has 0 saturated carbocycles. The number of nitrogens with one attached hydrogen (secondary N) is 1. The Kier molecular flexibility index (Phi) is 6.15. The number of likely N-dealkylation sites (N-methyl/N-ethyl adjacent to an activating group) is 1. The Labute approximate surface area is 150 Å². The highest BCUT2D eigenvalue weighted by Gasteiger charge is 2.25. The van der Waals surface area contributed by atoms with Crippen molar-refractivity contribution in [3.05, 3.63) is 29.8 Å². The molecule has 0 radical (unpaired) electrons. The summed E-state index contributed by atoms with van der Waals surface area (Å²) in [5, 5.41) is 3.01. The van der Waals surface area contributed by atoms with Crippen LogP contribution < -0.4 is 10.1 Å². The normalized spacial score (nSPS) is 22.6. The third-order valence-corrected chi connectivity index (χ3v) is 4.94. The van der Waals surface area contributed by atoms with Crippen LogP contribution in [0, 0.1) is 6.92 Å². The first-order valence-electron chi connectivity index (χ1n) is 9.17. The van der Waals surface area contributed by atoms with Gasteiger partial charge in [0.2, 0.25) is 0 Å². The number of carbonyl (C=O) groups excluding carboxylic acids is 1. The van der Waals surface area contributed by atoms with Crippen molar-refractivity contribution in [1.82, 2.24) is 15.1 Å². The summed E-state index contributed by atoms with van der Waals surface area (Å²) in [4.78, 5) is 16.5. The molecule has 1 aromatic carbocycles. The van der Waals surface area contributed by atoms with Gasteiger partial charge >= 0.3 is 6.03 Å². The van der Waals surface area contributed by atoms with E-state index in [9.17, 15) is 4.79 Å². The number of para-hydroxylation sites is 1. The number of aryl methyl sites for hydroxylation is 1. The van der Waals surface area contributed by atoms with E-state index in [1.807, 2.05) is 23.1 Å². The third-order valence-electron chi connectivity index (χ3n) is 4.94. The average molecular weight is 347 g/mol. The minimum atomic E-state index is 0.00571. The summed E-state index contributed by atoms with van der Waals surface area (Å²) < 4.78 is 11.8. The van der Waals surface area contributed by atoms with Crippen LogP contribution in [0.2, 0.25) is 0 Å². The zero-order chi connectivity index (χ0) is 17.6. The predicted octanol–water partition coefficient (Wildman–Crippen LogP) is 1.88. The molecule has 2 fully saturated rings. The zero-order valence-electron chi connectivity index (χ0n) is 15.2. The lowest BCUT2D eigenvalue weighted by Gasteiger charge is -2.34. The number of nitrogens with zero attached hydrogens (tertiary/aromatic N) is 2. The van der Waals surface area contributed by atoms with Crippen LogP contribution in [0.3, 0.4) is 0 Å². The quantitative estimate of drug-likeness (QED) is 0.904. The van der Waals surface area contributed by atoms with Crippen LogP contribution in [-0.2, 0) is 4.74 Å². The van der Waals surface area contributed by atoms with Crippen molar-refractivity contribution in [2.75, 3.05) is 46.4 Å². The minimum Gasteiger partial charge on any atom is -0.490 e. The Hall–Kier alpha value is -1.79. The van der Waals surface area contributed by atoms with Crippen molar-refractivity contribution in [3.8, 4) is 5.75 Å². The van der Waals surface area contributed by atoms with Crippen molar-refractivity contribution in [3.63, 3.8) is 0 Å². The van der Waals surface area contributed by atoms with Crippen LogP contribution in [0.5, 0.6) is 5.75 Å². The highest BCUT2D eigenvalue weighted by atomic mass is 16.5. The molecule has 2 aliphatic heterocycles. The van der Waals surface area contributed by atoms with Crippen molar-refractivity contribution in [2.24, 2.45) is 0 Å². The smallest absolute Gasteiger partial charge is 0.317 e. The summed E-state index contributed by atoms with van der Waals surface area (Å²) in [7, 11) is 2.08. The molecule has 0 bridgehead atoms. The molecule has 138 valence electrons. The maximum absolute atomic E-state index is 12.3. The summed E-state index contributed by atoms with van der Waals surface area (Å²) in [6.45, 7) is 6.65. The molecule has 1 N–H and O–H groups in total. The molecule has 2 heterocycles. The SMILES string of the molecule is Cc1ccccc1OC1CCN(C(=O)NC[C@H]2CN(C)CCO2)CC1. The molecule has 0 aromatic heterocycles. The molecule has 2 aliphatic rings. The van der Waals surface area contributed by atoms with Crippen LogP contribution in [0.1, 0.15) is 18.4 Å². The van der Waals surface area contributed by atoms with Crippen molar-refractivity contribution < 1.29 is 14.3 Å². The largest absolute Gasteiger partial charge is 0.490 e. The molecule has 6 heteroatoms. The monoisotopic (exact) mass is 347 g/mol. The Morgan fingerprint density at radius 3 is 2.76 bits per heavy atom. The second kappa shape index (κ2) is 8.54. The maximum atomic E-state index is 12.3. The Balaban J connectivity index is 1.39. The highest BCUT2D eigenvalue weighted by Crippen LogP contribution is 2.22. The summed E-state index contributed by atoms with van der Waals surface area (Å²) in [5.41, 5.74) is 1.15. The molecule has 3 rings (SSSR count). The zero-order valence-corrected chi connectivity index (χ0v) is 15.2. The van der Waals surface area contributed by atoms with Crippen LogP contribution in [-0.4, -0.2) is 74.4 Å². The summed E-state index contributed by atoms with van der Waals surface area (Å²) in [6, 6.07) is 8.09. The van der Waals surface area contributed by atoms with Gasteiger partial charge in [0.05, 0.1) is 12.7 Å². The molecular weight excluding hydrogens is 318 g/mol. The number of urea groups is 1. The van der Waals surface area contributed by atoms with E-state index in [2.05, 4.69) is 30.3 Å². The molecule has 0 unspecified atom stereocenters. The molecule has 6 nitrogen and oxygen atoms in total. The van der Waals surface area contributed by atoms with Gasteiger partial charge in [0.15, 0.2) is 0 Å². The van der Waals surface area contributed by atoms with E-state index >= 15 is 0 Å². The number of morpholine rings is 1. The first kappa shape index (κ1) is 18.0. The molecule has 2 amide bonds. The van der Waals surface area contributed by atoms with Gasteiger partial charge in [-0.3, -0.25) is 0 Å². The number of benzene rings is 1. The molecule has 0 aliphatic carbocycles. The lowest BCUT2D eigenvalue weighted by atomic mass is 10.1. The molecule has 0 spiro atoms. The van der Waals surface area contributed by atoms with Gasteiger partial charge in [-0.15, -0.1) is 0 Å². The Bertz CT molecular complexity index is 573. The van der Waals surface area contributed by atoms with Crippen LogP contribution in [0.4, 0.5) is 4.79 Å². The van der Waals surface area contributed by atoms with E-state index in [-0.39, 0.29) is 18.2 Å². The van der Waals surface area contributed by atoms with Crippen molar-refractivity contribution in [2.45, 2.75) is 32.0 Å². The number of piperidine rings is 1. The van der Waals surface area contributed by atoms with Gasteiger partial charge in [0, 0.05) is 45.6 Å². The van der Waals surface area contributed by atoms with Gasteiger partial charge in [-0.2, -0.15) is 0 Å². The first-order chi connectivity index (χ1) is 12.1. The van der Waals surface area contributed by atoms with Crippen LogP contribution in [0.25, 0.3) is 0 Å². The number of carbonyl (C=O) groups is 1. The molecule has 1 aromatic rings. The second-order valence-corrected chi connectivity index (χ2v) is 7.01. The number of hydrogen-bond acceptors (Lipinski definition) is 4. The molecular formula is C19H29N3O3. The predicted molar refractivity (Wildman–Crippen MR) is 97.0 cm³/mol. The lowest BCUT2D eigenvalue weighted by Crippen LogP contribution is -2.51. The fourth-order valence-corrected chi connectivity index (χ4v) is 3.35. The lowest BCUT2D eigenvalue weighted by molar-refractivity contribution is -0.0174. The number of rotatable bonds is 4. The topological polar surface area (TPSA) is 54.0 Å². The van der Waals surface area contributed by atoms with Gasteiger partial charge in [-0.25, -0.2) is 4.79 Å². The fourth-order valence-electron chi connectivity index (χ4n) is 3.35. The van der Waals surface area contributed by atoms with Crippen molar-refractivity contribution >= 4 is 6.03 Å². The standard InChI is InChI=1S/C19H29N3O3/c1-15-5-3-4-6-18(15)25-16-7-9-22(10-8-16)19(23)20-13-17-14-21(2)11-12-24-17/h3-6,16-17H,7-14H2,1-2H3,(H,20,23)/t17-/m0/s1. The van der Waals surface area contributed by atoms with Crippen LogP contribution >= 0.6 is 0 Å². The number of likely N-dealkylation sites (tertiary alicyclic amines) is 1.